The number of benzene rings is 1. The van der Waals surface area contributed by atoms with Crippen LogP contribution in [0.5, 0.6) is 5.88 Å². The minimum absolute atomic E-state index is 0.215. The van der Waals surface area contributed by atoms with Crippen molar-refractivity contribution in [3.05, 3.63) is 54.5 Å². The van der Waals surface area contributed by atoms with Crippen LogP contribution in [0.15, 0.2) is 48.8 Å². The number of nitrogen functional groups attached to an aromatic ring is 1. The molecule has 1 aliphatic rings. The lowest BCUT2D eigenvalue weighted by atomic mass is 9.76. The van der Waals surface area contributed by atoms with Gasteiger partial charge in [0.25, 0.3) is 5.91 Å². The van der Waals surface area contributed by atoms with Gasteiger partial charge in [-0.25, -0.2) is 9.97 Å². The van der Waals surface area contributed by atoms with Crippen molar-refractivity contribution < 1.29 is 9.53 Å². The molecule has 4 rings (SSSR count). The van der Waals surface area contributed by atoms with Gasteiger partial charge in [0.2, 0.25) is 5.88 Å². The lowest BCUT2D eigenvalue weighted by Crippen LogP contribution is -2.27. The molecule has 2 heterocycles. The first-order chi connectivity index (χ1) is 14.0. The van der Waals surface area contributed by atoms with Crippen molar-refractivity contribution in [1.82, 2.24) is 9.97 Å². The number of carbonyl (C=O) groups is 1. The maximum absolute atomic E-state index is 12.5. The molecule has 6 heteroatoms. The van der Waals surface area contributed by atoms with Gasteiger partial charge in [0.15, 0.2) is 5.69 Å². The number of rotatable bonds is 5. The predicted octanol–water partition coefficient (Wildman–Crippen LogP) is 4.81. The minimum Gasteiger partial charge on any atom is -0.477 e. The zero-order valence-electron chi connectivity index (χ0n) is 16.6. The normalized spacial score (nSPS) is 15.8. The molecule has 6 nitrogen and oxygen atoms in total. The van der Waals surface area contributed by atoms with Crippen LogP contribution in [-0.4, -0.2) is 22.5 Å². The number of hydrogen-bond donors (Lipinski definition) is 2. The summed E-state index contributed by atoms with van der Waals surface area (Å²) in [5.74, 6) is 0.305. The summed E-state index contributed by atoms with van der Waals surface area (Å²) in [6, 6.07) is 10.9. The first kappa shape index (κ1) is 19.2. The number of anilines is 2. The topological polar surface area (TPSA) is 90.1 Å². The van der Waals surface area contributed by atoms with Gasteiger partial charge < -0.3 is 15.8 Å². The van der Waals surface area contributed by atoms with Crippen LogP contribution < -0.4 is 15.8 Å². The molecule has 0 spiro atoms. The molecule has 1 aromatic carbocycles. The van der Waals surface area contributed by atoms with Crippen LogP contribution in [-0.2, 0) is 0 Å². The molecule has 1 saturated carbocycles. The summed E-state index contributed by atoms with van der Waals surface area (Å²) in [6.45, 7) is 2.98. The second kappa shape index (κ2) is 8.07. The van der Waals surface area contributed by atoms with Gasteiger partial charge >= 0.3 is 0 Å². The highest BCUT2D eigenvalue weighted by atomic mass is 16.5. The van der Waals surface area contributed by atoms with Crippen LogP contribution >= 0.6 is 0 Å². The highest BCUT2D eigenvalue weighted by Gasteiger charge is 2.28. The lowest BCUT2D eigenvalue weighted by Gasteiger charge is -2.33. The lowest BCUT2D eigenvalue weighted by molar-refractivity contribution is 0.102. The number of carbonyl (C=O) groups excluding carboxylic acids is 1. The van der Waals surface area contributed by atoms with Crippen molar-refractivity contribution in [1.29, 1.82) is 0 Å². The molecular formula is C23H26N4O2. The number of pyridine rings is 2. The Labute approximate surface area is 170 Å². The second-order valence-corrected chi connectivity index (χ2v) is 8.11. The molecule has 1 fully saturated rings. The number of nitrogens with two attached hydrogens (primary N) is 1. The zero-order valence-corrected chi connectivity index (χ0v) is 16.6. The molecule has 0 atom stereocenters. The minimum atomic E-state index is -0.335. The van der Waals surface area contributed by atoms with E-state index in [1.165, 1.54) is 32.1 Å². The van der Waals surface area contributed by atoms with Crippen molar-refractivity contribution in [3.63, 3.8) is 0 Å². The van der Waals surface area contributed by atoms with E-state index in [0.717, 1.165) is 10.8 Å². The monoisotopic (exact) mass is 390 g/mol. The molecule has 0 unspecified atom stereocenters. The van der Waals surface area contributed by atoms with Gasteiger partial charge in [-0.1, -0.05) is 26.2 Å². The Bertz CT molecular complexity index is 1030. The summed E-state index contributed by atoms with van der Waals surface area (Å²) in [5, 5.41) is 4.74. The standard InChI is InChI=1S/C23H26N4O2/c1-23(10-3-2-4-11-23)15-29-22-18-8-7-17(14-16(18)9-13-26-22)27-21(28)20-19(24)6-5-12-25-20/h5-9,12-14H,2-4,10-11,15,24H2,1H3,(H,27,28). The predicted molar refractivity (Wildman–Crippen MR) is 115 cm³/mol. The fourth-order valence-electron chi connectivity index (χ4n) is 3.93. The number of amides is 1. The summed E-state index contributed by atoms with van der Waals surface area (Å²) in [5.41, 5.74) is 7.30. The maximum atomic E-state index is 12.5. The summed E-state index contributed by atoms with van der Waals surface area (Å²) in [4.78, 5) is 21.0. The van der Waals surface area contributed by atoms with Crippen LogP contribution in [0, 0.1) is 5.41 Å². The summed E-state index contributed by atoms with van der Waals surface area (Å²) >= 11 is 0. The average Bonchev–Trinajstić information content (AvgIpc) is 2.73. The van der Waals surface area contributed by atoms with E-state index >= 15 is 0 Å². The fourth-order valence-corrected chi connectivity index (χ4v) is 3.93. The molecule has 3 N–H and O–H groups in total. The van der Waals surface area contributed by atoms with Crippen molar-refractivity contribution >= 4 is 28.1 Å². The average molecular weight is 390 g/mol. The highest BCUT2D eigenvalue weighted by molar-refractivity contribution is 6.07. The van der Waals surface area contributed by atoms with Crippen LogP contribution in [0.25, 0.3) is 10.8 Å². The van der Waals surface area contributed by atoms with Crippen LogP contribution in [0.4, 0.5) is 11.4 Å². The van der Waals surface area contributed by atoms with Gasteiger partial charge in [0.1, 0.15) is 0 Å². The molecule has 0 aliphatic heterocycles. The van der Waals surface area contributed by atoms with Gasteiger partial charge in [-0.3, -0.25) is 4.79 Å². The third kappa shape index (κ3) is 4.31. The van der Waals surface area contributed by atoms with Gasteiger partial charge in [-0.05, 0) is 54.6 Å². The maximum Gasteiger partial charge on any atom is 0.276 e. The molecule has 1 aliphatic carbocycles. The third-order valence-corrected chi connectivity index (χ3v) is 5.66. The SMILES string of the molecule is CC1(COc2nccc3cc(NC(=O)c4ncccc4N)ccc23)CCCCC1. The van der Waals surface area contributed by atoms with E-state index in [4.69, 9.17) is 10.5 Å². The Morgan fingerprint density at radius 1 is 1.14 bits per heavy atom. The van der Waals surface area contributed by atoms with E-state index in [1.54, 1.807) is 24.5 Å². The molecular weight excluding hydrogens is 364 g/mol. The van der Waals surface area contributed by atoms with Gasteiger partial charge in [-0.15, -0.1) is 0 Å². The molecule has 3 aromatic rings. The number of hydrogen-bond acceptors (Lipinski definition) is 5. The van der Waals surface area contributed by atoms with Gasteiger partial charge in [-0.2, -0.15) is 0 Å². The Balaban J connectivity index is 1.51. The van der Waals surface area contributed by atoms with Gasteiger partial charge in [0, 0.05) is 28.9 Å². The first-order valence-corrected chi connectivity index (χ1v) is 10.1. The van der Waals surface area contributed by atoms with E-state index in [0.29, 0.717) is 23.9 Å². The number of aromatic nitrogens is 2. The van der Waals surface area contributed by atoms with E-state index < -0.39 is 0 Å². The van der Waals surface area contributed by atoms with E-state index in [9.17, 15) is 4.79 Å². The van der Waals surface area contributed by atoms with Crippen molar-refractivity contribution in [2.24, 2.45) is 5.41 Å². The highest BCUT2D eigenvalue weighted by Crippen LogP contribution is 2.37. The molecule has 1 amide bonds. The summed E-state index contributed by atoms with van der Waals surface area (Å²) in [6.07, 6.45) is 9.55. The Morgan fingerprint density at radius 2 is 1.97 bits per heavy atom. The number of fused-ring (bicyclic) bond motifs is 1. The summed E-state index contributed by atoms with van der Waals surface area (Å²) < 4.78 is 6.14. The van der Waals surface area contributed by atoms with Crippen molar-refractivity contribution in [2.75, 3.05) is 17.7 Å². The molecule has 0 saturated heterocycles. The number of nitrogens with one attached hydrogen (secondary N) is 1. The largest absolute Gasteiger partial charge is 0.477 e. The van der Waals surface area contributed by atoms with E-state index in [1.807, 2.05) is 24.3 Å². The van der Waals surface area contributed by atoms with Crippen LogP contribution in [0.1, 0.15) is 49.5 Å². The smallest absolute Gasteiger partial charge is 0.276 e. The Morgan fingerprint density at radius 3 is 2.76 bits per heavy atom. The number of ether oxygens (including phenoxy) is 1. The van der Waals surface area contributed by atoms with E-state index in [-0.39, 0.29) is 17.0 Å². The van der Waals surface area contributed by atoms with Crippen LogP contribution in [0.3, 0.4) is 0 Å². The number of nitrogens with zero attached hydrogens (tertiary/aromatic N) is 2. The van der Waals surface area contributed by atoms with Crippen molar-refractivity contribution in [3.8, 4) is 5.88 Å². The molecule has 0 bridgehead atoms. The first-order valence-electron chi connectivity index (χ1n) is 10.1. The zero-order chi connectivity index (χ0) is 20.3. The molecule has 0 radical (unpaired) electrons. The Hall–Kier alpha value is -3.15. The van der Waals surface area contributed by atoms with Gasteiger partial charge in [0.05, 0.1) is 12.3 Å². The van der Waals surface area contributed by atoms with E-state index in [2.05, 4.69) is 22.2 Å². The third-order valence-electron chi connectivity index (χ3n) is 5.66. The summed E-state index contributed by atoms with van der Waals surface area (Å²) in [7, 11) is 0. The van der Waals surface area contributed by atoms with Crippen molar-refractivity contribution in [2.45, 2.75) is 39.0 Å². The van der Waals surface area contributed by atoms with Crippen LogP contribution in [0.2, 0.25) is 0 Å². The molecule has 150 valence electrons. The quantitative estimate of drug-likeness (QED) is 0.652. The molecule has 2 aromatic heterocycles. The fraction of sp³-hybridized carbons (Fsp3) is 0.348. The molecule has 29 heavy (non-hydrogen) atoms. The Kier molecular flexibility index (Phi) is 5.34. The second-order valence-electron chi connectivity index (χ2n) is 8.11.